The third-order valence-corrected chi connectivity index (χ3v) is 2.54. The van der Waals surface area contributed by atoms with Gasteiger partial charge in [0.05, 0.1) is 13.5 Å². The molecular formula is C13H19NO2. The summed E-state index contributed by atoms with van der Waals surface area (Å²) in [5.41, 5.74) is 1.00. The van der Waals surface area contributed by atoms with Gasteiger partial charge in [-0.25, -0.2) is 0 Å². The van der Waals surface area contributed by atoms with Gasteiger partial charge in [0, 0.05) is 6.04 Å². The molecule has 0 aliphatic rings. The number of amides is 1. The van der Waals surface area contributed by atoms with Crippen LogP contribution in [-0.4, -0.2) is 19.1 Å². The van der Waals surface area contributed by atoms with Crippen molar-refractivity contribution < 1.29 is 9.53 Å². The molecule has 0 fully saturated rings. The quantitative estimate of drug-likeness (QED) is 0.827. The molecule has 0 heterocycles. The molecule has 88 valence electrons. The summed E-state index contributed by atoms with van der Waals surface area (Å²) in [6.07, 6.45) is 1.38. The van der Waals surface area contributed by atoms with Crippen molar-refractivity contribution in [3.05, 3.63) is 29.8 Å². The van der Waals surface area contributed by atoms with E-state index in [0.717, 1.165) is 17.7 Å². The van der Waals surface area contributed by atoms with Gasteiger partial charge in [-0.05, 0) is 31.0 Å². The highest BCUT2D eigenvalue weighted by Gasteiger charge is 2.06. The summed E-state index contributed by atoms with van der Waals surface area (Å²) in [4.78, 5) is 11.6. The molecule has 1 aromatic rings. The van der Waals surface area contributed by atoms with Crippen LogP contribution in [-0.2, 0) is 11.2 Å². The second-order valence-electron chi connectivity index (χ2n) is 3.90. The predicted molar refractivity (Wildman–Crippen MR) is 64.6 cm³/mol. The monoisotopic (exact) mass is 221 g/mol. The van der Waals surface area contributed by atoms with Gasteiger partial charge in [0.2, 0.25) is 5.91 Å². The molecule has 0 saturated heterocycles. The van der Waals surface area contributed by atoms with Crippen molar-refractivity contribution in [1.82, 2.24) is 5.32 Å². The summed E-state index contributed by atoms with van der Waals surface area (Å²) in [7, 11) is 1.63. The fourth-order valence-electron chi connectivity index (χ4n) is 1.36. The van der Waals surface area contributed by atoms with Crippen molar-refractivity contribution in [3.63, 3.8) is 0 Å². The van der Waals surface area contributed by atoms with E-state index in [2.05, 4.69) is 12.2 Å². The minimum absolute atomic E-state index is 0.0690. The SMILES string of the molecule is CC[C@H](C)NC(=O)Cc1ccc(OC)cc1. The van der Waals surface area contributed by atoms with Crippen molar-refractivity contribution in [1.29, 1.82) is 0 Å². The Bertz CT molecular complexity index is 332. The smallest absolute Gasteiger partial charge is 0.224 e. The maximum absolute atomic E-state index is 11.6. The molecule has 0 aliphatic carbocycles. The number of carbonyl (C=O) groups excluding carboxylic acids is 1. The zero-order chi connectivity index (χ0) is 12.0. The molecule has 1 aromatic carbocycles. The summed E-state index contributed by atoms with van der Waals surface area (Å²) in [6, 6.07) is 7.80. The fourth-order valence-corrected chi connectivity index (χ4v) is 1.36. The van der Waals surface area contributed by atoms with E-state index < -0.39 is 0 Å². The van der Waals surface area contributed by atoms with Crippen LogP contribution in [0.4, 0.5) is 0 Å². The first-order chi connectivity index (χ1) is 7.65. The summed E-state index contributed by atoms with van der Waals surface area (Å²) < 4.78 is 5.06. The lowest BCUT2D eigenvalue weighted by atomic mass is 10.1. The van der Waals surface area contributed by atoms with Gasteiger partial charge < -0.3 is 10.1 Å². The number of hydrogen-bond acceptors (Lipinski definition) is 2. The molecule has 0 saturated carbocycles. The molecule has 1 amide bonds. The van der Waals surface area contributed by atoms with Crippen LogP contribution in [0.5, 0.6) is 5.75 Å². The van der Waals surface area contributed by atoms with E-state index >= 15 is 0 Å². The van der Waals surface area contributed by atoms with Gasteiger partial charge in [-0.1, -0.05) is 19.1 Å². The Kier molecular flexibility index (Phi) is 4.83. The molecule has 1 N–H and O–H groups in total. The van der Waals surface area contributed by atoms with Crippen molar-refractivity contribution in [3.8, 4) is 5.75 Å². The van der Waals surface area contributed by atoms with Crippen molar-refractivity contribution in [2.45, 2.75) is 32.7 Å². The average Bonchev–Trinajstić information content (AvgIpc) is 2.29. The van der Waals surface area contributed by atoms with Crippen LogP contribution in [0.25, 0.3) is 0 Å². The van der Waals surface area contributed by atoms with E-state index in [1.165, 1.54) is 0 Å². The Balaban J connectivity index is 2.49. The highest BCUT2D eigenvalue weighted by molar-refractivity contribution is 5.78. The number of benzene rings is 1. The van der Waals surface area contributed by atoms with Gasteiger partial charge in [0.1, 0.15) is 5.75 Å². The van der Waals surface area contributed by atoms with Gasteiger partial charge in [0.15, 0.2) is 0 Å². The van der Waals surface area contributed by atoms with Gasteiger partial charge in [-0.2, -0.15) is 0 Å². The largest absolute Gasteiger partial charge is 0.497 e. The van der Waals surface area contributed by atoms with Crippen LogP contribution >= 0.6 is 0 Å². The third kappa shape index (κ3) is 3.93. The fraction of sp³-hybridized carbons (Fsp3) is 0.462. The average molecular weight is 221 g/mol. The lowest BCUT2D eigenvalue weighted by Gasteiger charge is -2.11. The van der Waals surface area contributed by atoms with E-state index in [1.807, 2.05) is 31.2 Å². The topological polar surface area (TPSA) is 38.3 Å². The van der Waals surface area contributed by atoms with Crippen molar-refractivity contribution in [2.75, 3.05) is 7.11 Å². The molecule has 0 aliphatic heterocycles. The van der Waals surface area contributed by atoms with Crippen molar-refractivity contribution >= 4 is 5.91 Å². The standard InChI is InChI=1S/C13H19NO2/c1-4-10(2)14-13(15)9-11-5-7-12(16-3)8-6-11/h5-8,10H,4,9H2,1-3H3,(H,14,15)/t10-/m0/s1. The van der Waals surface area contributed by atoms with Gasteiger partial charge in [0.25, 0.3) is 0 Å². The molecule has 1 rings (SSSR count). The molecule has 0 radical (unpaired) electrons. The van der Waals surface area contributed by atoms with Crippen LogP contribution in [0, 0.1) is 0 Å². The number of carbonyl (C=O) groups is 1. The number of nitrogens with one attached hydrogen (secondary N) is 1. The number of rotatable bonds is 5. The highest BCUT2D eigenvalue weighted by atomic mass is 16.5. The molecule has 0 unspecified atom stereocenters. The number of methoxy groups -OCH3 is 1. The van der Waals surface area contributed by atoms with Crippen LogP contribution in [0.3, 0.4) is 0 Å². The number of ether oxygens (including phenoxy) is 1. The maximum atomic E-state index is 11.6. The van der Waals surface area contributed by atoms with Crippen LogP contribution in [0.2, 0.25) is 0 Å². The van der Waals surface area contributed by atoms with Gasteiger partial charge >= 0.3 is 0 Å². The van der Waals surface area contributed by atoms with E-state index in [-0.39, 0.29) is 11.9 Å². The summed E-state index contributed by atoms with van der Waals surface area (Å²) in [5.74, 6) is 0.880. The Labute approximate surface area is 96.8 Å². The molecule has 1 atom stereocenters. The third-order valence-electron chi connectivity index (χ3n) is 2.54. The Morgan fingerprint density at radius 2 is 2.00 bits per heavy atom. The molecule has 0 aromatic heterocycles. The second-order valence-corrected chi connectivity index (χ2v) is 3.90. The van der Waals surface area contributed by atoms with Gasteiger partial charge in [-0.3, -0.25) is 4.79 Å². The molecule has 16 heavy (non-hydrogen) atoms. The van der Waals surface area contributed by atoms with Crippen LogP contribution < -0.4 is 10.1 Å². The minimum atomic E-state index is 0.0690. The molecule has 3 nitrogen and oxygen atoms in total. The first-order valence-electron chi connectivity index (χ1n) is 5.58. The lowest BCUT2D eigenvalue weighted by Crippen LogP contribution is -2.33. The van der Waals surface area contributed by atoms with E-state index in [1.54, 1.807) is 7.11 Å². The second kappa shape index (κ2) is 6.16. The maximum Gasteiger partial charge on any atom is 0.224 e. The zero-order valence-electron chi connectivity index (χ0n) is 10.1. The van der Waals surface area contributed by atoms with Crippen LogP contribution in [0.1, 0.15) is 25.8 Å². The highest BCUT2D eigenvalue weighted by Crippen LogP contribution is 2.11. The first kappa shape index (κ1) is 12.6. The lowest BCUT2D eigenvalue weighted by molar-refractivity contribution is -0.121. The molecule has 3 heteroatoms. The molecule has 0 spiro atoms. The number of hydrogen-bond donors (Lipinski definition) is 1. The predicted octanol–water partition coefficient (Wildman–Crippen LogP) is 2.15. The Morgan fingerprint density at radius 1 is 1.38 bits per heavy atom. The molecular weight excluding hydrogens is 202 g/mol. The zero-order valence-corrected chi connectivity index (χ0v) is 10.1. The first-order valence-corrected chi connectivity index (χ1v) is 5.58. The summed E-state index contributed by atoms with van der Waals surface area (Å²) in [5, 5.41) is 2.94. The van der Waals surface area contributed by atoms with Crippen LogP contribution in [0.15, 0.2) is 24.3 Å². The normalized spacial score (nSPS) is 11.9. The van der Waals surface area contributed by atoms with Crippen molar-refractivity contribution in [2.24, 2.45) is 0 Å². The van der Waals surface area contributed by atoms with E-state index in [0.29, 0.717) is 6.42 Å². The van der Waals surface area contributed by atoms with E-state index in [9.17, 15) is 4.79 Å². The van der Waals surface area contributed by atoms with E-state index in [4.69, 9.17) is 4.74 Å². The summed E-state index contributed by atoms with van der Waals surface area (Å²) >= 11 is 0. The Hall–Kier alpha value is -1.51. The molecule has 0 bridgehead atoms. The van der Waals surface area contributed by atoms with Gasteiger partial charge in [-0.15, -0.1) is 0 Å². The summed E-state index contributed by atoms with van der Waals surface area (Å²) in [6.45, 7) is 4.06. The Morgan fingerprint density at radius 3 is 2.50 bits per heavy atom. The minimum Gasteiger partial charge on any atom is -0.497 e.